The number of likely N-dealkylation sites (tertiary alicyclic amines) is 1. The Hall–Kier alpha value is -0.820. The van der Waals surface area contributed by atoms with Gasteiger partial charge in [0.05, 0.1) is 0 Å². The maximum atomic E-state index is 2.55. The molecule has 0 radical (unpaired) electrons. The zero-order valence-electron chi connectivity index (χ0n) is 9.66. The molecule has 0 aromatic heterocycles. The van der Waals surface area contributed by atoms with Gasteiger partial charge in [0.25, 0.3) is 0 Å². The molecule has 1 aromatic rings. The molecule has 1 saturated heterocycles. The third-order valence-electron chi connectivity index (χ3n) is 4.34. The largest absolute Gasteiger partial charge is 0.303 e. The van der Waals surface area contributed by atoms with Gasteiger partial charge in [0.15, 0.2) is 0 Å². The average molecular weight is 201 g/mol. The van der Waals surface area contributed by atoms with E-state index in [9.17, 15) is 0 Å². The van der Waals surface area contributed by atoms with Gasteiger partial charge in [0.2, 0.25) is 0 Å². The van der Waals surface area contributed by atoms with Crippen LogP contribution in [0.4, 0.5) is 0 Å². The molecule has 15 heavy (non-hydrogen) atoms. The van der Waals surface area contributed by atoms with Gasteiger partial charge in [-0.2, -0.15) is 0 Å². The maximum Gasteiger partial charge on any atom is 0.0139 e. The summed E-state index contributed by atoms with van der Waals surface area (Å²) < 4.78 is 0. The first-order chi connectivity index (χ1) is 7.25. The van der Waals surface area contributed by atoms with Crippen LogP contribution in [0.2, 0.25) is 0 Å². The summed E-state index contributed by atoms with van der Waals surface area (Å²) in [6, 6.07) is 7.65. The maximum absolute atomic E-state index is 2.55. The lowest BCUT2D eigenvalue weighted by molar-refractivity contribution is 0.157. The SMILES string of the molecule is Cc1cccc2c1CC1CC2CCN1C. The number of likely N-dealkylation sites (N-methyl/N-ethyl adjacent to an activating group) is 1. The van der Waals surface area contributed by atoms with Gasteiger partial charge >= 0.3 is 0 Å². The van der Waals surface area contributed by atoms with Crippen molar-refractivity contribution in [2.24, 2.45) is 0 Å². The highest BCUT2D eigenvalue weighted by Crippen LogP contribution is 2.40. The zero-order chi connectivity index (χ0) is 10.4. The molecule has 80 valence electrons. The van der Waals surface area contributed by atoms with Crippen molar-refractivity contribution in [2.75, 3.05) is 13.6 Å². The summed E-state index contributed by atoms with van der Waals surface area (Å²) in [7, 11) is 2.28. The fourth-order valence-corrected chi connectivity index (χ4v) is 3.31. The lowest BCUT2D eigenvalue weighted by Gasteiger charge is -2.42. The van der Waals surface area contributed by atoms with Crippen LogP contribution in [0, 0.1) is 6.92 Å². The van der Waals surface area contributed by atoms with Crippen LogP contribution in [0.3, 0.4) is 0 Å². The molecule has 1 aliphatic carbocycles. The smallest absolute Gasteiger partial charge is 0.0139 e. The fourth-order valence-electron chi connectivity index (χ4n) is 3.31. The van der Waals surface area contributed by atoms with Crippen LogP contribution in [-0.2, 0) is 6.42 Å². The van der Waals surface area contributed by atoms with Crippen LogP contribution in [0.1, 0.15) is 35.4 Å². The number of hydrogen-bond acceptors (Lipinski definition) is 1. The first-order valence-electron chi connectivity index (χ1n) is 6.04. The number of fused-ring (bicyclic) bond motifs is 4. The van der Waals surface area contributed by atoms with E-state index < -0.39 is 0 Å². The number of rotatable bonds is 0. The van der Waals surface area contributed by atoms with Crippen LogP contribution in [-0.4, -0.2) is 24.5 Å². The first-order valence-corrected chi connectivity index (χ1v) is 6.04. The summed E-state index contributed by atoms with van der Waals surface area (Å²) in [5, 5.41) is 0. The molecule has 1 nitrogen and oxygen atoms in total. The van der Waals surface area contributed by atoms with Gasteiger partial charge in [-0.15, -0.1) is 0 Å². The average Bonchev–Trinajstić information content (AvgIpc) is 2.25. The van der Waals surface area contributed by atoms with Crippen molar-refractivity contribution in [3.63, 3.8) is 0 Å². The van der Waals surface area contributed by atoms with E-state index in [0.717, 1.165) is 12.0 Å². The summed E-state index contributed by atoms with van der Waals surface area (Å²) in [6.07, 6.45) is 4.01. The van der Waals surface area contributed by atoms with Gasteiger partial charge in [-0.25, -0.2) is 0 Å². The molecule has 1 heterocycles. The lowest BCUT2D eigenvalue weighted by Crippen LogP contribution is -2.43. The van der Waals surface area contributed by atoms with Crippen molar-refractivity contribution >= 4 is 0 Å². The van der Waals surface area contributed by atoms with Gasteiger partial charge < -0.3 is 4.90 Å². The lowest BCUT2D eigenvalue weighted by atomic mass is 9.74. The van der Waals surface area contributed by atoms with Gasteiger partial charge in [-0.05, 0) is 62.4 Å². The van der Waals surface area contributed by atoms with E-state index in [1.165, 1.54) is 31.4 Å². The molecule has 1 aliphatic heterocycles. The molecular formula is C14H19N. The summed E-state index contributed by atoms with van der Waals surface area (Å²) in [6.45, 7) is 3.54. The Morgan fingerprint density at radius 1 is 1.33 bits per heavy atom. The number of nitrogens with zero attached hydrogens (tertiary/aromatic N) is 1. The highest BCUT2D eigenvalue weighted by molar-refractivity contribution is 5.40. The Bertz CT molecular complexity index is 383. The minimum atomic E-state index is 0.803. The molecule has 2 aliphatic rings. The van der Waals surface area contributed by atoms with Crippen LogP contribution in [0.15, 0.2) is 18.2 Å². The molecule has 1 fully saturated rings. The second-order valence-electron chi connectivity index (χ2n) is 5.20. The molecule has 0 N–H and O–H groups in total. The third-order valence-corrected chi connectivity index (χ3v) is 4.34. The Kier molecular flexibility index (Phi) is 2.10. The fraction of sp³-hybridized carbons (Fsp3) is 0.571. The minimum absolute atomic E-state index is 0.803. The van der Waals surface area contributed by atoms with Crippen LogP contribution < -0.4 is 0 Å². The predicted molar refractivity (Wildman–Crippen MR) is 63.3 cm³/mol. The van der Waals surface area contributed by atoms with Crippen LogP contribution in [0.25, 0.3) is 0 Å². The second kappa shape index (κ2) is 3.34. The van der Waals surface area contributed by atoms with E-state index in [1.54, 1.807) is 11.1 Å². The van der Waals surface area contributed by atoms with E-state index in [0.29, 0.717) is 0 Å². The molecule has 0 amide bonds. The second-order valence-corrected chi connectivity index (χ2v) is 5.20. The Labute approximate surface area is 92.1 Å². The van der Waals surface area contributed by atoms with Crippen molar-refractivity contribution in [3.05, 3.63) is 34.9 Å². The van der Waals surface area contributed by atoms with E-state index in [-0.39, 0.29) is 0 Å². The van der Waals surface area contributed by atoms with Crippen molar-refractivity contribution in [3.8, 4) is 0 Å². The van der Waals surface area contributed by atoms with Crippen molar-refractivity contribution in [2.45, 2.75) is 38.1 Å². The molecular weight excluding hydrogens is 182 g/mol. The molecule has 2 unspecified atom stereocenters. The van der Waals surface area contributed by atoms with Crippen molar-refractivity contribution in [1.82, 2.24) is 4.90 Å². The molecule has 1 aromatic carbocycles. The van der Waals surface area contributed by atoms with Gasteiger partial charge in [-0.1, -0.05) is 18.2 Å². The Morgan fingerprint density at radius 3 is 3.07 bits per heavy atom. The molecule has 0 spiro atoms. The normalized spacial score (nSPS) is 30.0. The number of benzene rings is 1. The highest BCUT2D eigenvalue weighted by Gasteiger charge is 2.33. The van der Waals surface area contributed by atoms with Crippen molar-refractivity contribution in [1.29, 1.82) is 0 Å². The summed E-state index contributed by atoms with van der Waals surface area (Å²) in [4.78, 5) is 2.55. The monoisotopic (exact) mass is 201 g/mol. The molecule has 1 heteroatoms. The van der Waals surface area contributed by atoms with E-state index in [2.05, 4.69) is 37.1 Å². The first kappa shape index (κ1) is 9.41. The number of piperidine rings is 1. The molecule has 2 bridgehead atoms. The number of hydrogen-bond donors (Lipinski definition) is 0. The Morgan fingerprint density at radius 2 is 2.20 bits per heavy atom. The zero-order valence-corrected chi connectivity index (χ0v) is 9.66. The van der Waals surface area contributed by atoms with Crippen LogP contribution in [0.5, 0.6) is 0 Å². The standard InChI is InChI=1S/C14H19N/c1-10-4-3-5-13-11-6-7-15(2)12(8-11)9-14(10)13/h3-5,11-12H,6-9H2,1-2H3. The quantitative estimate of drug-likeness (QED) is 0.624. The van der Waals surface area contributed by atoms with E-state index in [1.807, 2.05) is 0 Å². The van der Waals surface area contributed by atoms with Crippen molar-refractivity contribution < 1.29 is 0 Å². The molecule has 0 saturated carbocycles. The number of aryl methyl sites for hydroxylation is 1. The third kappa shape index (κ3) is 1.41. The highest BCUT2D eigenvalue weighted by atomic mass is 15.1. The topological polar surface area (TPSA) is 3.24 Å². The summed E-state index contributed by atoms with van der Waals surface area (Å²) >= 11 is 0. The van der Waals surface area contributed by atoms with E-state index in [4.69, 9.17) is 0 Å². The minimum Gasteiger partial charge on any atom is -0.303 e. The van der Waals surface area contributed by atoms with Crippen LogP contribution >= 0.6 is 0 Å². The van der Waals surface area contributed by atoms with E-state index >= 15 is 0 Å². The molecule has 2 atom stereocenters. The predicted octanol–water partition coefficient (Wildman–Crippen LogP) is 2.73. The van der Waals surface area contributed by atoms with Gasteiger partial charge in [0, 0.05) is 6.04 Å². The Balaban J connectivity index is 2.07. The summed E-state index contributed by atoms with van der Waals surface area (Å²) in [5.41, 5.74) is 4.79. The van der Waals surface area contributed by atoms with Gasteiger partial charge in [-0.3, -0.25) is 0 Å². The molecule has 3 rings (SSSR count). The summed E-state index contributed by atoms with van der Waals surface area (Å²) in [5.74, 6) is 0.842. The van der Waals surface area contributed by atoms with Gasteiger partial charge in [0.1, 0.15) is 0 Å².